The second kappa shape index (κ2) is 8.99. The van der Waals surface area contributed by atoms with E-state index in [9.17, 15) is 4.79 Å². The number of benzene rings is 1. The van der Waals surface area contributed by atoms with E-state index in [0.29, 0.717) is 28.6 Å². The van der Waals surface area contributed by atoms with Crippen LogP contribution in [0.1, 0.15) is 15.9 Å². The molecule has 2 rings (SSSR count). The van der Waals surface area contributed by atoms with E-state index >= 15 is 0 Å². The number of rotatable bonds is 5. The third-order valence-electron chi connectivity index (χ3n) is 3.43. The number of ether oxygens (including phenoxy) is 3. The molecule has 0 aliphatic heterocycles. The van der Waals surface area contributed by atoms with Crippen molar-refractivity contribution in [2.24, 2.45) is 0 Å². The zero-order valence-electron chi connectivity index (χ0n) is 14.7. The zero-order chi connectivity index (χ0) is 19.3. The van der Waals surface area contributed by atoms with Crippen LogP contribution in [0.4, 0.5) is 5.82 Å². The lowest BCUT2D eigenvalue weighted by Gasteiger charge is -2.15. The summed E-state index contributed by atoms with van der Waals surface area (Å²) in [5.41, 5.74) is 1.23. The van der Waals surface area contributed by atoms with Crippen LogP contribution < -0.4 is 24.8 Å². The molecule has 0 radical (unpaired) electrons. The van der Waals surface area contributed by atoms with Crippen molar-refractivity contribution in [1.29, 1.82) is 0 Å². The minimum Gasteiger partial charge on any atom is -0.493 e. The van der Waals surface area contributed by atoms with Crippen molar-refractivity contribution in [3.8, 4) is 17.2 Å². The van der Waals surface area contributed by atoms with Crippen LogP contribution in [0.15, 0.2) is 24.4 Å². The van der Waals surface area contributed by atoms with Crippen molar-refractivity contribution in [2.45, 2.75) is 6.92 Å². The molecule has 0 unspecified atom stereocenters. The molecule has 0 bridgehead atoms. The molecule has 0 aliphatic carbocycles. The molecule has 1 aromatic heterocycles. The molecular weight excluding hydrogens is 469 g/mol. The summed E-state index contributed by atoms with van der Waals surface area (Å²) in [5.74, 6) is 1.34. The van der Waals surface area contributed by atoms with E-state index < -0.39 is 5.91 Å². The lowest BCUT2D eigenvalue weighted by atomic mass is 10.1. The Bertz CT molecular complexity index is 820. The molecule has 1 aromatic carbocycles. The summed E-state index contributed by atoms with van der Waals surface area (Å²) >= 11 is 7.38. The Kier molecular flexibility index (Phi) is 6.98. The Morgan fingerprint density at radius 2 is 1.73 bits per heavy atom. The highest BCUT2D eigenvalue weighted by atomic mass is 127. The van der Waals surface area contributed by atoms with Gasteiger partial charge in [0, 0.05) is 15.3 Å². The predicted molar refractivity (Wildman–Crippen MR) is 111 cm³/mol. The Balaban J connectivity index is 2.17. The molecule has 1 heterocycles. The molecule has 138 valence electrons. The van der Waals surface area contributed by atoms with Gasteiger partial charge in [-0.15, -0.1) is 0 Å². The minimum atomic E-state index is -0.412. The fourth-order valence-electron chi connectivity index (χ4n) is 2.20. The number of amides is 1. The van der Waals surface area contributed by atoms with Gasteiger partial charge in [-0.3, -0.25) is 10.1 Å². The molecule has 1 amide bonds. The van der Waals surface area contributed by atoms with Gasteiger partial charge >= 0.3 is 0 Å². The summed E-state index contributed by atoms with van der Waals surface area (Å²) in [6.45, 7) is 1.90. The van der Waals surface area contributed by atoms with Crippen molar-refractivity contribution >= 4 is 51.6 Å². The topological polar surface area (TPSA) is 81.7 Å². The van der Waals surface area contributed by atoms with Crippen LogP contribution in [0.2, 0.25) is 0 Å². The smallest absolute Gasteiger partial charge is 0.257 e. The third-order valence-corrected chi connectivity index (χ3v) is 4.22. The number of carbonyl (C=O) groups excluding carboxylic acids is 1. The van der Waals surface area contributed by atoms with Gasteiger partial charge in [0.25, 0.3) is 5.91 Å². The Labute approximate surface area is 170 Å². The van der Waals surface area contributed by atoms with Gasteiger partial charge < -0.3 is 19.5 Å². The monoisotopic (exact) mass is 487 g/mol. The van der Waals surface area contributed by atoms with Crippen molar-refractivity contribution in [2.75, 3.05) is 26.6 Å². The SMILES string of the molecule is COc1cc(C(=O)NC(=S)Nc2ncc(I)cc2C)cc(OC)c1OC. The highest BCUT2D eigenvalue weighted by Gasteiger charge is 2.18. The first kappa shape index (κ1) is 20.2. The van der Waals surface area contributed by atoms with E-state index in [2.05, 4.69) is 38.2 Å². The van der Waals surface area contributed by atoms with Crippen LogP contribution >= 0.6 is 34.8 Å². The van der Waals surface area contributed by atoms with E-state index in [0.717, 1.165) is 9.13 Å². The predicted octanol–water partition coefficient (Wildman–Crippen LogP) is 3.15. The molecule has 2 N–H and O–H groups in total. The van der Waals surface area contributed by atoms with Gasteiger partial charge in [0.05, 0.1) is 21.3 Å². The summed E-state index contributed by atoms with van der Waals surface area (Å²) in [6.07, 6.45) is 1.71. The molecule has 26 heavy (non-hydrogen) atoms. The van der Waals surface area contributed by atoms with Gasteiger partial charge in [0.1, 0.15) is 5.82 Å². The molecule has 0 fully saturated rings. The van der Waals surface area contributed by atoms with Crippen molar-refractivity contribution in [3.63, 3.8) is 0 Å². The van der Waals surface area contributed by atoms with Gasteiger partial charge in [0.15, 0.2) is 16.6 Å². The molecule has 7 nitrogen and oxygen atoms in total. The lowest BCUT2D eigenvalue weighted by Crippen LogP contribution is -2.34. The van der Waals surface area contributed by atoms with Gasteiger partial charge in [-0.05, 0) is 65.5 Å². The maximum Gasteiger partial charge on any atom is 0.257 e. The number of aromatic nitrogens is 1. The average Bonchev–Trinajstić information content (AvgIpc) is 2.62. The summed E-state index contributed by atoms with van der Waals surface area (Å²) in [6, 6.07) is 5.06. The molecule has 0 atom stereocenters. The summed E-state index contributed by atoms with van der Waals surface area (Å²) < 4.78 is 16.8. The number of nitrogens with one attached hydrogen (secondary N) is 2. The van der Waals surface area contributed by atoms with Gasteiger partial charge in [-0.2, -0.15) is 0 Å². The van der Waals surface area contributed by atoms with Crippen LogP contribution in [0.3, 0.4) is 0 Å². The van der Waals surface area contributed by atoms with Crippen LogP contribution in [0.5, 0.6) is 17.2 Å². The number of carbonyl (C=O) groups is 1. The van der Waals surface area contributed by atoms with Crippen LogP contribution in [-0.4, -0.2) is 37.3 Å². The van der Waals surface area contributed by atoms with Crippen molar-refractivity contribution < 1.29 is 19.0 Å². The fraction of sp³-hybridized carbons (Fsp3) is 0.235. The quantitative estimate of drug-likeness (QED) is 0.496. The number of methoxy groups -OCH3 is 3. The van der Waals surface area contributed by atoms with Crippen molar-refractivity contribution in [3.05, 3.63) is 39.1 Å². The fourth-order valence-corrected chi connectivity index (χ4v) is 2.99. The maximum atomic E-state index is 12.5. The van der Waals surface area contributed by atoms with E-state index in [-0.39, 0.29) is 5.11 Å². The number of nitrogens with zero attached hydrogens (tertiary/aromatic N) is 1. The standard InChI is InChI=1S/C17H18IN3O4S/c1-9-5-11(18)8-19-15(9)20-17(26)21-16(22)10-6-12(23-2)14(25-4)13(7-10)24-3/h5-8H,1-4H3,(H2,19,20,21,22,26). The Morgan fingerprint density at radius 1 is 1.12 bits per heavy atom. The largest absolute Gasteiger partial charge is 0.493 e. The van der Waals surface area contributed by atoms with Crippen LogP contribution in [0.25, 0.3) is 0 Å². The Hall–Kier alpha value is -2.14. The highest BCUT2D eigenvalue weighted by molar-refractivity contribution is 14.1. The molecule has 0 saturated carbocycles. The number of pyridine rings is 1. The number of hydrogen-bond acceptors (Lipinski definition) is 6. The zero-order valence-corrected chi connectivity index (χ0v) is 17.6. The Morgan fingerprint density at radius 3 is 2.23 bits per heavy atom. The average molecular weight is 487 g/mol. The van der Waals surface area contributed by atoms with Crippen molar-refractivity contribution in [1.82, 2.24) is 10.3 Å². The maximum absolute atomic E-state index is 12.5. The number of hydrogen-bond donors (Lipinski definition) is 2. The third kappa shape index (κ3) is 4.73. The molecule has 9 heteroatoms. The van der Waals surface area contributed by atoms with Crippen LogP contribution in [-0.2, 0) is 0 Å². The number of halogens is 1. The van der Waals surface area contributed by atoms with Gasteiger partial charge in [0.2, 0.25) is 5.75 Å². The molecular formula is C17H18IN3O4S. The van der Waals surface area contributed by atoms with E-state index in [4.69, 9.17) is 26.4 Å². The van der Waals surface area contributed by atoms with Gasteiger partial charge in [-0.1, -0.05) is 0 Å². The second-order valence-electron chi connectivity index (χ2n) is 5.14. The van der Waals surface area contributed by atoms with Gasteiger partial charge in [-0.25, -0.2) is 4.98 Å². The van der Waals surface area contributed by atoms with E-state index in [1.165, 1.54) is 21.3 Å². The normalized spacial score (nSPS) is 10.0. The molecule has 2 aromatic rings. The number of thiocarbonyl (C=S) groups is 1. The molecule has 0 aliphatic rings. The minimum absolute atomic E-state index is 0.139. The second-order valence-corrected chi connectivity index (χ2v) is 6.80. The first-order valence-corrected chi connectivity index (χ1v) is 8.92. The number of anilines is 1. The number of aryl methyl sites for hydroxylation is 1. The highest BCUT2D eigenvalue weighted by Crippen LogP contribution is 2.38. The summed E-state index contributed by atoms with van der Waals surface area (Å²) in [5, 5.41) is 5.67. The summed E-state index contributed by atoms with van der Waals surface area (Å²) in [4.78, 5) is 16.8. The first-order chi connectivity index (χ1) is 12.4. The molecule has 0 saturated heterocycles. The summed E-state index contributed by atoms with van der Waals surface area (Å²) in [7, 11) is 4.46. The van der Waals surface area contributed by atoms with Crippen LogP contribution in [0, 0.1) is 10.5 Å². The molecule has 0 spiro atoms. The first-order valence-electron chi connectivity index (χ1n) is 7.44. The van der Waals surface area contributed by atoms with E-state index in [1.807, 2.05) is 13.0 Å². The van der Waals surface area contributed by atoms with E-state index in [1.54, 1.807) is 18.3 Å². The lowest BCUT2D eigenvalue weighted by molar-refractivity contribution is 0.0977.